The molecule has 2 aromatic rings. The zero-order valence-electron chi connectivity index (χ0n) is 18.6. The van der Waals surface area contributed by atoms with Crippen molar-refractivity contribution >= 4 is 23.9 Å². The van der Waals surface area contributed by atoms with Crippen molar-refractivity contribution in [3.8, 4) is 0 Å². The third-order valence-electron chi connectivity index (χ3n) is 4.51. The second kappa shape index (κ2) is 12.9. The maximum atomic E-state index is 11.5. The number of carbonyl (C=O) groups is 4. The predicted molar refractivity (Wildman–Crippen MR) is 117 cm³/mol. The molecule has 0 bridgehead atoms. The van der Waals surface area contributed by atoms with Crippen LogP contribution in [0, 0.1) is 0 Å². The quantitative estimate of drug-likeness (QED) is 0.579. The fourth-order valence-corrected chi connectivity index (χ4v) is 3.11. The summed E-state index contributed by atoms with van der Waals surface area (Å²) < 4.78 is 9.70. The lowest BCUT2D eigenvalue weighted by Gasteiger charge is -2.12. The van der Waals surface area contributed by atoms with Crippen LogP contribution in [0.15, 0.2) is 36.4 Å². The summed E-state index contributed by atoms with van der Waals surface area (Å²) in [5.74, 6) is -3.39. The highest BCUT2D eigenvalue weighted by atomic mass is 16.5. The maximum absolute atomic E-state index is 11.5. The van der Waals surface area contributed by atoms with Gasteiger partial charge in [-0.15, -0.1) is 0 Å². The number of carboxylic acid groups (broad SMARTS) is 2. The summed E-state index contributed by atoms with van der Waals surface area (Å²) in [6.07, 6.45) is 1.22. The molecule has 8 nitrogen and oxygen atoms in total. The molecule has 0 aromatic heterocycles. The van der Waals surface area contributed by atoms with E-state index < -0.39 is 23.9 Å². The molecule has 172 valence electrons. The third kappa shape index (κ3) is 6.66. The summed E-state index contributed by atoms with van der Waals surface area (Å²) in [5.41, 5.74) is 1.78. The number of hydrogen-bond donors (Lipinski definition) is 2. The third-order valence-corrected chi connectivity index (χ3v) is 4.51. The Balaban J connectivity index is 0.000000320. The SMILES string of the molecule is CCOC(=O)c1ccccc1C(=O)OCC.CCc1ccc(C(=O)O)c(C(=O)O)c1CC. The molecule has 0 aliphatic heterocycles. The number of benzene rings is 2. The van der Waals surface area contributed by atoms with Crippen molar-refractivity contribution in [1.82, 2.24) is 0 Å². The summed E-state index contributed by atoms with van der Waals surface area (Å²) in [7, 11) is 0. The number of ether oxygens (including phenoxy) is 2. The molecule has 8 heteroatoms. The van der Waals surface area contributed by atoms with Crippen LogP contribution in [0.5, 0.6) is 0 Å². The van der Waals surface area contributed by atoms with Crippen LogP contribution in [0.4, 0.5) is 0 Å². The minimum atomic E-state index is -1.20. The smallest absolute Gasteiger partial charge is 0.338 e. The topological polar surface area (TPSA) is 127 Å². The molecule has 0 saturated heterocycles. The van der Waals surface area contributed by atoms with E-state index in [0.717, 1.165) is 5.56 Å². The maximum Gasteiger partial charge on any atom is 0.338 e. The van der Waals surface area contributed by atoms with E-state index in [4.69, 9.17) is 19.7 Å². The molecule has 32 heavy (non-hydrogen) atoms. The van der Waals surface area contributed by atoms with Crippen LogP contribution in [0.2, 0.25) is 0 Å². The number of aryl methyl sites for hydroxylation is 1. The van der Waals surface area contributed by atoms with Gasteiger partial charge >= 0.3 is 23.9 Å². The van der Waals surface area contributed by atoms with E-state index in [1.165, 1.54) is 6.07 Å². The Hall–Kier alpha value is -3.68. The second-order valence-electron chi connectivity index (χ2n) is 6.43. The molecule has 0 unspecified atom stereocenters. The minimum absolute atomic E-state index is 0.0747. The van der Waals surface area contributed by atoms with Crippen molar-refractivity contribution in [3.05, 3.63) is 69.8 Å². The van der Waals surface area contributed by atoms with Crippen molar-refractivity contribution in [2.75, 3.05) is 13.2 Å². The molecule has 0 radical (unpaired) electrons. The molecule has 2 rings (SSSR count). The van der Waals surface area contributed by atoms with E-state index in [1.54, 1.807) is 44.2 Å². The van der Waals surface area contributed by atoms with E-state index in [9.17, 15) is 19.2 Å². The molecule has 2 N–H and O–H groups in total. The highest BCUT2D eigenvalue weighted by Gasteiger charge is 2.21. The van der Waals surface area contributed by atoms with E-state index in [2.05, 4.69) is 0 Å². The Bertz CT molecular complexity index is 941. The van der Waals surface area contributed by atoms with Gasteiger partial charge in [-0.1, -0.05) is 32.0 Å². The molecule has 0 aliphatic rings. The molecule has 0 fully saturated rings. The number of aromatic carboxylic acids is 2. The van der Waals surface area contributed by atoms with Crippen molar-refractivity contribution in [2.24, 2.45) is 0 Å². The van der Waals surface area contributed by atoms with Gasteiger partial charge in [-0.25, -0.2) is 19.2 Å². The molecular weight excluding hydrogens is 416 g/mol. The van der Waals surface area contributed by atoms with Gasteiger partial charge in [0.25, 0.3) is 0 Å². The number of esters is 2. The molecule has 0 heterocycles. The first-order valence-corrected chi connectivity index (χ1v) is 10.3. The molecule has 0 saturated carbocycles. The second-order valence-corrected chi connectivity index (χ2v) is 6.43. The van der Waals surface area contributed by atoms with Crippen LogP contribution < -0.4 is 0 Å². The zero-order chi connectivity index (χ0) is 24.3. The van der Waals surface area contributed by atoms with Gasteiger partial charge in [0, 0.05) is 0 Å². The standard InChI is InChI=1S/2C12H14O4/c1-3-15-11(13)9-7-5-6-8-10(9)12(14)16-4-2;1-3-7-5-6-9(11(13)14)10(12(15)16)8(7)4-2/h5-8H,3-4H2,1-2H3;5-6H,3-4H2,1-2H3,(H,13,14)(H,15,16). The minimum Gasteiger partial charge on any atom is -0.478 e. The Labute approximate surface area is 186 Å². The molecule has 0 amide bonds. The fraction of sp³-hybridized carbons (Fsp3) is 0.333. The van der Waals surface area contributed by atoms with E-state index in [1.807, 2.05) is 13.8 Å². The van der Waals surface area contributed by atoms with Crippen LogP contribution in [-0.2, 0) is 22.3 Å². The van der Waals surface area contributed by atoms with Crippen LogP contribution in [0.25, 0.3) is 0 Å². The average molecular weight is 444 g/mol. The molecular formula is C24H28O8. The average Bonchev–Trinajstić information content (AvgIpc) is 2.78. The Morgan fingerprint density at radius 3 is 1.53 bits per heavy atom. The van der Waals surface area contributed by atoms with Gasteiger partial charge in [0.1, 0.15) is 0 Å². The Kier molecular flexibility index (Phi) is 10.6. The van der Waals surface area contributed by atoms with Gasteiger partial charge in [-0.2, -0.15) is 0 Å². The summed E-state index contributed by atoms with van der Waals surface area (Å²) in [5, 5.41) is 18.0. The zero-order valence-corrected chi connectivity index (χ0v) is 18.6. The van der Waals surface area contributed by atoms with E-state index >= 15 is 0 Å². The van der Waals surface area contributed by atoms with Crippen LogP contribution in [0.3, 0.4) is 0 Å². The highest BCUT2D eigenvalue weighted by molar-refractivity contribution is 6.03. The van der Waals surface area contributed by atoms with Gasteiger partial charge < -0.3 is 19.7 Å². The summed E-state index contributed by atoms with van der Waals surface area (Å²) in [6, 6.07) is 9.50. The first-order valence-electron chi connectivity index (χ1n) is 10.3. The molecule has 0 aliphatic carbocycles. The number of rotatable bonds is 8. The van der Waals surface area contributed by atoms with Gasteiger partial charge in [0.05, 0.1) is 35.5 Å². The molecule has 2 aromatic carbocycles. The van der Waals surface area contributed by atoms with E-state index in [0.29, 0.717) is 18.4 Å². The lowest BCUT2D eigenvalue weighted by atomic mass is 9.93. The highest BCUT2D eigenvalue weighted by Crippen LogP contribution is 2.21. The Morgan fingerprint density at radius 1 is 0.688 bits per heavy atom. The lowest BCUT2D eigenvalue weighted by molar-refractivity contribution is 0.0479. The summed E-state index contributed by atoms with van der Waals surface area (Å²) >= 11 is 0. The van der Waals surface area contributed by atoms with Gasteiger partial charge in [0.15, 0.2) is 0 Å². The normalized spacial score (nSPS) is 9.88. The Morgan fingerprint density at radius 2 is 1.19 bits per heavy atom. The van der Waals surface area contributed by atoms with E-state index in [-0.39, 0.29) is 35.5 Å². The lowest BCUT2D eigenvalue weighted by Crippen LogP contribution is -2.13. The molecule has 0 atom stereocenters. The van der Waals surface area contributed by atoms with Crippen molar-refractivity contribution in [2.45, 2.75) is 40.5 Å². The van der Waals surface area contributed by atoms with Crippen molar-refractivity contribution in [1.29, 1.82) is 0 Å². The number of hydrogen-bond acceptors (Lipinski definition) is 6. The first kappa shape index (κ1) is 26.4. The van der Waals surface area contributed by atoms with Crippen LogP contribution in [0.1, 0.15) is 80.3 Å². The van der Waals surface area contributed by atoms with Gasteiger partial charge in [0.2, 0.25) is 0 Å². The summed E-state index contributed by atoms with van der Waals surface area (Å²) in [6.45, 7) is 7.72. The summed E-state index contributed by atoms with van der Waals surface area (Å²) in [4.78, 5) is 45.1. The monoisotopic (exact) mass is 444 g/mol. The predicted octanol–water partition coefficient (Wildman–Crippen LogP) is 4.25. The van der Waals surface area contributed by atoms with Crippen molar-refractivity contribution in [3.63, 3.8) is 0 Å². The molecule has 0 spiro atoms. The first-order chi connectivity index (χ1) is 15.2. The number of carboxylic acids is 2. The fourth-order valence-electron chi connectivity index (χ4n) is 3.11. The van der Waals surface area contributed by atoms with Crippen molar-refractivity contribution < 1.29 is 38.9 Å². The van der Waals surface area contributed by atoms with Crippen LogP contribution >= 0.6 is 0 Å². The number of carbonyl (C=O) groups excluding carboxylic acids is 2. The largest absolute Gasteiger partial charge is 0.478 e. The van der Waals surface area contributed by atoms with Gasteiger partial charge in [-0.05, 0) is 56.0 Å². The van der Waals surface area contributed by atoms with Crippen LogP contribution in [-0.4, -0.2) is 47.3 Å². The van der Waals surface area contributed by atoms with Gasteiger partial charge in [-0.3, -0.25) is 0 Å².